The number of nitrogens with one attached hydrogen (secondary N) is 2. The second kappa shape index (κ2) is 5.82. The molecular formula is C13H19N3O. The summed E-state index contributed by atoms with van der Waals surface area (Å²) >= 11 is 0. The van der Waals surface area contributed by atoms with Crippen LogP contribution in [0.15, 0.2) is 30.5 Å². The molecule has 1 aromatic carbocycles. The first-order valence-electron chi connectivity index (χ1n) is 5.93. The van der Waals surface area contributed by atoms with Crippen LogP contribution in [0.2, 0.25) is 0 Å². The maximum absolute atomic E-state index is 8.79. The molecule has 5 N–H and O–H groups in total. The Morgan fingerprint density at radius 1 is 1.35 bits per heavy atom. The molecule has 4 heteroatoms. The van der Waals surface area contributed by atoms with Crippen LogP contribution in [0.5, 0.6) is 0 Å². The van der Waals surface area contributed by atoms with Crippen molar-refractivity contribution in [2.45, 2.75) is 12.5 Å². The highest BCUT2D eigenvalue weighted by atomic mass is 16.3. The summed E-state index contributed by atoms with van der Waals surface area (Å²) in [4.78, 5) is 3.26. The molecule has 0 bridgehead atoms. The molecule has 0 spiro atoms. The smallest absolute Gasteiger partial charge is 0.0594 e. The highest BCUT2D eigenvalue weighted by Crippen LogP contribution is 2.17. The molecular weight excluding hydrogens is 214 g/mol. The Hall–Kier alpha value is -1.36. The molecule has 0 radical (unpaired) electrons. The van der Waals surface area contributed by atoms with Gasteiger partial charge < -0.3 is 21.1 Å². The van der Waals surface area contributed by atoms with E-state index in [0.717, 1.165) is 13.0 Å². The third-order valence-corrected chi connectivity index (χ3v) is 2.89. The van der Waals surface area contributed by atoms with Crippen LogP contribution in [0.4, 0.5) is 0 Å². The molecule has 2 rings (SSSR count). The van der Waals surface area contributed by atoms with E-state index in [1.54, 1.807) is 0 Å². The van der Waals surface area contributed by atoms with E-state index in [-0.39, 0.29) is 12.6 Å². The molecule has 1 aromatic heterocycles. The van der Waals surface area contributed by atoms with Crippen LogP contribution in [0.1, 0.15) is 5.56 Å². The number of hydrogen-bond acceptors (Lipinski definition) is 3. The van der Waals surface area contributed by atoms with E-state index in [2.05, 4.69) is 34.7 Å². The lowest BCUT2D eigenvalue weighted by Crippen LogP contribution is -2.37. The second-order valence-electron chi connectivity index (χ2n) is 4.26. The normalized spacial score (nSPS) is 13.1. The van der Waals surface area contributed by atoms with Gasteiger partial charge in [0, 0.05) is 29.7 Å². The number of hydrogen-bond donors (Lipinski definition) is 4. The quantitative estimate of drug-likeness (QED) is 0.553. The van der Waals surface area contributed by atoms with E-state index in [9.17, 15) is 0 Å². The van der Waals surface area contributed by atoms with Gasteiger partial charge in [-0.25, -0.2) is 0 Å². The zero-order valence-corrected chi connectivity index (χ0v) is 9.82. The minimum absolute atomic E-state index is 0.0279. The fourth-order valence-corrected chi connectivity index (χ4v) is 1.91. The van der Waals surface area contributed by atoms with Gasteiger partial charge >= 0.3 is 0 Å². The molecule has 0 amide bonds. The van der Waals surface area contributed by atoms with E-state index in [1.165, 1.54) is 16.5 Å². The van der Waals surface area contributed by atoms with Gasteiger partial charge in [-0.05, 0) is 24.6 Å². The summed E-state index contributed by atoms with van der Waals surface area (Å²) in [5.74, 6) is 0. The molecule has 1 atom stereocenters. The number of H-pyrrole nitrogens is 1. The summed E-state index contributed by atoms with van der Waals surface area (Å²) in [6.07, 6.45) is 3.01. The second-order valence-corrected chi connectivity index (χ2v) is 4.26. The summed E-state index contributed by atoms with van der Waals surface area (Å²) in [5.41, 5.74) is 8.09. The standard InChI is InChI=1S/C13H19N3O/c14-11(9-17)8-15-6-5-10-7-16-13-4-2-1-3-12(10)13/h1-4,7,11,15-17H,5-6,8-9,14H2. The number of aromatic amines is 1. The highest BCUT2D eigenvalue weighted by molar-refractivity contribution is 5.83. The first-order chi connectivity index (χ1) is 8.31. The Bertz CT molecular complexity index is 466. The first-order valence-corrected chi connectivity index (χ1v) is 5.93. The van der Waals surface area contributed by atoms with Crippen molar-refractivity contribution in [2.75, 3.05) is 19.7 Å². The first kappa shape index (κ1) is 12.1. The Kier molecular flexibility index (Phi) is 4.14. The Balaban J connectivity index is 1.87. The largest absolute Gasteiger partial charge is 0.395 e. The summed E-state index contributed by atoms with van der Waals surface area (Å²) in [7, 11) is 0. The molecule has 1 unspecified atom stereocenters. The Labute approximate surface area is 101 Å². The van der Waals surface area contributed by atoms with Gasteiger partial charge in [0.25, 0.3) is 0 Å². The van der Waals surface area contributed by atoms with Gasteiger partial charge in [-0.15, -0.1) is 0 Å². The highest BCUT2D eigenvalue weighted by Gasteiger charge is 2.03. The molecule has 1 heterocycles. The van der Waals surface area contributed by atoms with E-state index in [1.807, 2.05) is 6.07 Å². The molecule has 17 heavy (non-hydrogen) atoms. The minimum atomic E-state index is -0.169. The molecule has 0 aliphatic carbocycles. The van der Waals surface area contributed by atoms with Crippen molar-refractivity contribution in [2.24, 2.45) is 5.73 Å². The Morgan fingerprint density at radius 2 is 2.18 bits per heavy atom. The SMILES string of the molecule is NC(CO)CNCCc1c[nH]c2ccccc12. The number of nitrogens with two attached hydrogens (primary N) is 1. The third-order valence-electron chi connectivity index (χ3n) is 2.89. The van der Waals surface area contributed by atoms with Crippen molar-refractivity contribution < 1.29 is 5.11 Å². The van der Waals surface area contributed by atoms with Crippen LogP contribution in [-0.2, 0) is 6.42 Å². The molecule has 0 saturated heterocycles. The number of benzene rings is 1. The van der Waals surface area contributed by atoms with Crippen LogP contribution in [0.3, 0.4) is 0 Å². The molecule has 0 saturated carbocycles. The lowest BCUT2D eigenvalue weighted by Gasteiger charge is -2.09. The van der Waals surface area contributed by atoms with Crippen molar-refractivity contribution in [3.63, 3.8) is 0 Å². The number of aliphatic hydroxyl groups excluding tert-OH is 1. The van der Waals surface area contributed by atoms with Gasteiger partial charge in [0.2, 0.25) is 0 Å². The summed E-state index contributed by atoms with van der Waals surface area (Å²) in [6, 6.07) is 8.11. The number of fused-ring (bicyclic) bond motifs is 1. The molecule has 92 valence electrons. The minimum Gasteiger partial charge on any atom is -0.395 e. The van der Waals surface area contributed by atoms with E-state index < -0.39 is 0 Å². The van der Waals surface area contributed by atoms with Crippen LogP contribution in [0.25, 0.3) is 10.9 Å². The molecule has 4 nitrogen and oxygen atoms in total. The van der Waals surface area contributed by atoms with Crippen LogP contribution < -0.4 is 11.1 Å². The van der Waals surface area contributed by atoms with Gasteiger partial charge in [-0.1, -0.05) is 18.2 Å². The number of aliphatic hydroxyl groups is 1. The lowest BCUT2D eigenvalue weighted by atomic mass is 10.1. The van der Waals surface area contributed by atoms with Gasteiger partial charge in [-0.2, -0.15) is 0 Å². The number of para-hydroxylation sites is 1. The zero-order valence-electron chi connectivity index (χ0n) is 9.82. The summed E-state index contributed by atoms with van der Waals surface area (Å²) in [5, 5.41) is 13.3. The lowest BCUT2D eigenvalue weighted by molar-refractivity contribution is 0.262. The van der Waals surface area contributed by atoms with Crippen LogP contribution in [-0.4, -0.2) is 35.8 Å². The van der Waals surface area contributed by atoms with Gasteiger partial charge in [0.15, 0.2) is 0 Å². The average Bonchev–Trinajstić information content (AvgIpc) is 2.78. The van der Waals surface area contributed by atoms with Gasteiger partial charge in [0.05, 0.1) is 6.61 Å². The predicted molar refractivity (Wildman–Crippen MR) is 69.9 cm³/mol. The van der Waals surface area contributed by atoms with Crippen molar-refractivity contribution in [1.29, 1.82) is 0 Å². The van der Waals surface area contributed by atoms with E-state index in [4.69, 9.17) is 10.8 Å². The molecule has 0 aliphatic heterocycles. The monoisotopic (exact) mass is 233 g/mol. The maximum Gasteiger partial charge on any atom is 0.0594 e. The fourth-order valence-electron chi connectivity index (χ4n) is 1.91. The van der Waals surface area contributed by atoms with Gasteiger partial charge in [-0.3, -0.25) is 0 Å². The van der Waals surface area contributed by atoms with E-state index >= 15 is 0 Å². The topological polar surface area (TPSA) is 74.1 Å². The fraction of sp³-hybridized carbons (Fsp3) is 0.385. The summed E-state index contributed by atoms with van der Waals surface area (Å²) in [6.45, 7) is 1.55. The van der Waals surface area contributed by atoms with Crippen molar-refractivity contribution in [1.82, 2.24) is 10.3 Å². The number of aromatic nitrogens is 1. The van der Waals surface area contributed by atoms with Crippen LogP contribution in [0, 0.1) is 0 Å². The summed E-state index contributed by atoms with van der Waals surface area (Å²) < 4.78 is 0. The van der Waals surface area contributed by atoms with Crippen molar-refractivity contribution in [3.05, 3.63) is 36.0 Å². The maximum atomic E-state index is 8.79. The predicted octanol–water partition coefficient (Wildman–Crippen LogP) is 0.620. The molecule has 0 aliphatic rings. The average molecular weight is 233 g/mol. The molecule has 0 fully saturated rings. The number of rotatable bonds is 6. The van der Waals surface area contributed by atoms with Crippen LogP contribution >= 0.6 is 0 Å². The third kappa shape index (κ3) is 3.06. The van der Waals surface area contributed by atoms with Gasteiger partial charge in [0.1, 0.15) is 0 Å². The van der Waals surface area contributed by atoms with E-state index in [0.29, 0.717) is 6.54 Å². The zero-order chi connectivity index (χ0) is 12.1. The van der Waals surface area contributed by atoms with Crippen molar-refractivity contribution in [3.8, 4) is 0 Å². The molecule has 2 aromatic rings. The Morgan fingerprint density at radius 3 is 3.00 bits per heavy atom. The van der Waals surface area contributed by atoms with Crippen molar-refractivity contribution >= 4 is 10.9 Å².